The van der Waals surface area contributed by atoms with E-state index in [9.17, 15) is 19.1 Å². The molecule has 1 fully saturated rings. The number of rotatable bonds is 5. The van der Waals surface area contributed by atoms with Gasteiger partial charge in [0.2, 0.25) is 0 Å². The van der Waals surface area contributed by atoms with Crippen molar-refractivity contribution >= 4 is 23.3 Å². The summed E-state index contributed by atoms with van der Waals surface area (Å²) in [5, 5.41) is 14.8. The molecule has 1 N–H and O–H groups in total. The van der Waals surface area contributed by atoms with Gasteiger partial charge in [-0.2, -0.15) is 0 Å². The Balaban J connectivity index is 1.90. The van der Waals surface area contributed by atoms with Crippen LogP contribution in [-0.2, 0) is 9.59 Å². The van der Waals surface area contributed by atoms with E-state index >= 15 is 0 Å². The molecule has 158 valence electrons. The molecular formula is C23H19FN2O5. The summed E-state index contributed by atoms with van der Waals surface area (Å²) in [6.07, 6.45) is 0. The number of carbonyl (C=O) groups is 2. The van der Waals surface area contributed by atoms with E-state index in [0.29, 0.717) is 23.7 Å². The minimum Gasteiger partial charge on any atom is -0.507 e. The van der Waals surface area contributed by atoms with Gasteiger partial charge in [0.15, 0.2) is 5.82 Å². The summed E-state index contributed by atoms with van der Waals surface area (Å²) in [6.45, 7) is 3.95. The summed E-state index contributed by atoms with van der Waals surface area (Å²) < 4.78 is 25.2. The van der Waals surface area contributed by atoms with Crippen molar-refractivity contribution in [3.63, 3.8) is 0 Å². The van der Waals surface area contributed by atoms with E-state index < -0.39 is 29.3 Å². The lowest BCUT2D eigenvalue weighted by Gasteiger charge is -2.23. The van der Waals surface area contributed by atoms with Gasteiger partial charge in [0.25, 0.3) is 5.78 Å². The van der Waals surface area contributed by atoms with Gasteiger partial charge in [0.1, 0.15) is 23.1 Å². The van der Waals surface area contributed by atoms with Crippen LogP contribution < -0.4 is 9.64 Å². The van der Waals surface area contributed by atoms with E-state index in [4.69, 9.17) is 9.26 Å². The van der Waals surface area contributed by atoms with Crippen LogP contribution in [-0.4, -0.2) is 28.6 Å². The number of benzene rings is 2. The number of amides is 1. The minimum atomic E-state index is -1.21. The molecule has 3 aromatic rings. The van der Waals surface area contributed by atoms with Crippen molar-refractivity contribution in [3.8, 4) is 5.75 Å². The number of carbonyl (C=O) groups excluding carboxylic acids is 2. The number of aromatic nitrogens is 1. The Bertz CT molecular complexity index is 1180. The van der Waals surface area contributed by atoms with Crippen LogP contribution in [0.4, 0.5) is 10.2 Å². The second kappa shape index (κ2) is 8.06. The molecule has 1 atom stereocenters. The highest BCUT2D eigenvalue weighted by Gasteiger charge is 2.48. The molecule has 1 amide bonds. The number of halogens is 1. The molecule has 2 heterocycles. The largest absolute Gasteiger partial charge is 0.507 e. The van der Waals surface area contributed by atoms with Gasteiger partial charge < -0.3 is 14.4 Å². The molecule has 7 nitrogen and oxygen atoms in total. The maximum Gasteiger partial charge on any atom is 0.301 e. The topological polar surface area (TPSA) is 92.9 Å². The van der Waals surface area contributed by atoms with Gasteiger partial charge in [0, 0.05) is 17.2 Å². The van der Waals surface area contributed by atoms with Crippen LogP contribution in [0.25, 0.3) is 5.76 Å². The van der Waals surface area contributed by atoms with Crippen LogP contribution in [0.2, 0.25) is 0 Å². The molecule has 1 aliphatic rings. The fraction of sp³-hybridized carbons (Fsp3) is 0.174. The van der Waals surface area contributed by atoms with Gasteiger partial charge in [-0.25, -0.2) is 4.39 Å². The van der Waals surface area contributed by atoms with Crippen molar-refractivity contribution in [2.24, 2.45) is 0 Å². The van der Waals surface area contributed by atoms with Gasteiger partial charge in [0.05, 0.1) is 18.2 Å². The zero-order valence-corrected chi connectivity index (χ0v) is 16.8. The third kappa shape index (κ3) is 3.56. The third-order valence-corrected chi connectivity index (χ3v) is 4.95. The average molecular weight is 422 g/mol. The zero-order valence-electron chi connectivity index (χ0n) is 16.8. The Kier molecular flexibility index (Phi) is 5.29. The van der Waals surface area contributed by atoms with Crippen LogP contribution in [0, 0.1) is 12.7 Å². The first-order valence-electron chi connectivity index (χ1n) is 9.64. The second-order valence-corrected chi connectivity index (χ2v) is 6.94. The Morgan fingerprint density at radius 2 is 1.90 bits per heavy atom. The minimum absolute atomic E-state index is 0.0508. The summed E-state index contributed by atoms with van der Waals surface area (Å²) in [4.78, 5) is 26.9. The van der Waals surface area contributed by atoms with Crippen LogP contribution in [0.5, 0.6) is 5.75 Å². The molecule has 1 aliphatic heterocycles. The quantitative estimate of drug-likeness (QED) is 0.377. The van der Waals surface area contributed by atoms with Crippen molar-refractivity contribution in [2.75, 3.05) is 11.5 Å². The van der Waals surface area contributed by atoms with E-state index in [1.54, 1.807) is 37.3 Å². The number of hydrogen-bond donors (Lipinski definition) is 1. The summed E-state index contributed by atoms with van der Waals surface area (Å²) in [6, 6.07) is 12.4. The first-order chi connectivity index (χ1) is 14.9. The van der Waals surface area contributed by atoms with Crippen molar-refractivity contribution < 1.29 is 28.3 Å². The summed E-state index contributed by atoms with van der Waals surface area (Å²) in [7, 11) is 0. The lowest BCUT2D eigenvalue weighted by atomic mass is 9.95. The van der Waals surface area contributed by atoms with Crippen LogP contribution in [0.15, 0.2) is 64.7 Å². The summed E-state index contributed by atoms with van der Waals surface area (Å²) in [5.74, 6) is -1.87. The van der Waals surface area contributed by atoms with Gasteiger partial charge in [-0.15, -0.1) is 0 Å². The predicted octanol–water partition coefficient (Wildman–Crippen LogP) is 4.15. The van der Waals surface area contributed by atoms with E-state index in [0.717, 1.165) is 4.90 Å². The maximum absolute atomic E-state index is 14.8. The number of Topliss-reactive ketones (excluding diaryl/α,β-unsaturated/α-hetero) is 1. The van der Waals surface area contributed by atoms with Crippen LogP contribution in [0.1, 0.15) is 29.9 Å². The normalized spacial score (nSPS) is 17.9. The summed E-state index contributed by atoms with van der Waals surface area (Å²) >= 11 is 0. The zero-order chi connectivity index (χ0) is 22.1. The van der Waals surface area contributed by atoms with Crippen molar-refractivity contribution in [1.82, 2.24) is 5.16 Å². The van der Waals surface area contributed by atoms with Crippen molar-refractivity contribution in [2.45, 2.75) is 19.9 Å². The number of ether oxygens (including phenoxy) is 1. The Hall–Kier alpha value is -3.94. The number of aliphatic hydroxyl groups excluding tert-OH is 1. The smallest absolute Gasteiger partial charge is 0.301 e. The first kappa shape index (κ1) is 20.3. The van der Waals surface area contributed by atoms with Gasteiger partial charge in [-0.05, 0) is 44.2 Å². The molecule has 2 aromatic carbocycles. The fourth-order valence-electron chi connectivity index (χ4n) is 3.56. The Labute approximate surface area is 177 Å². The molecule has 8 heteroatoms. The Morgan fingerprint density at radius 3 is 2.52 bits per heavy atom. The van der Waals surface area contributed by atoms with E-state index in [1.165, 1.54) is 24.3 Å². The molecular weight excluding hydrogens is 403 g/mol. The van der Waals surface area contributed by atoms with E-state index in [2.05, 4.69) is 5.16 Å². The molecule has 0 spiro atoms. The number of aliphatic hydroxyl groups is 1. The lowest BCUT2D eigenvalue weighted by molar-refractivity contribution is -0.132. The molecule has 1 unspecified atom stereocenters. The molecule has 0 saturated carbocycles. The third-order valence-electron chi connectivity index (χ3n) is 4.95. The average Bonchev–Trinajstić information content (AvgIpc) is 3.29. The molecule has 0 radical (unpaired) electrons. The standard InChI is InChI=1S/C23H19FN2O5/c1-3-30-15-10-8-14(9-11-15)21(27)19-20(16-6-4-5-7-17(16)24)26(23(29)22(19)28)18-12-13(2)31-25-18/h4-12,20,27H,3H2,1-2H3/b21-19+. The highest BCUT2D eigenvalue weighted by molar-refractivity contribution is 6.51. The van der Waals surface area contributed by atoms with E-state index in [1.807, 2.05) is 6.92 Å². The predicted molar refractivity (Wildman–Crippen MR) is 110 cm³/mol. The van der Waals surface area contributed by atoms with Crippen molar-refractivity contribution in [3.05, 3.63) is 82.9 Å². The molecule has 31 heavy (non-hydrogen) atoms. The molecule has 1 saturated heterocycles. The Morgan fingerprint density at radius 1 is 1.19 bits per heavy atom. The van der Waals surface area contributed by atoms with Gasteiger partial charge in [-0.3, -0.25) is 14.5 Å². The van der Waals surface area contributed by atoms with Crippen LogP contribution in [0.3, 0.4) is 0 Å². The molecule has 0 aliphatic carbocycles. The number of nitrogens with zero attached hydrogens (tertiary/aromatic N) is 2. The number of aryl methyl sites for hydroxylation is 1. The van der Waals surface area contributed by atoms with E-state index in [-0.39, 0.29) is 17.0 Å². The number of anilines is 1. The van der Waals surface area contributed by atoms with Gasteiger partial charge >= 0.3 is 5.91 Å². The van der Waals surface area contributed by atoms with Gasteiger partial charge in [-0.1, -0.05) is 23.4 Å². The molecule has 1 aromatic heterocycles. The van der Waals surface area contributed by atoms with Crippen molar-refractivity contribution in [1.29, 1.82) is 0 Å². The second-order valence-electron chi connectivity index (χ2n) is 6.94. The molecule has 0 bridgehead atoms. The van der Waals surface area contributed by atoms with Crippen LogP contribution >= 0.6 is 0 Å². The maximum atomic E-state index is 14.8. The number of ketones is 1. The molecule has 4 rings (SSSR count). The lowest BCUT2D eigenvalue weighted by Crippen LogP contribution is -2.30. The monoisotopic (exact) mass is 422 g/mol. The highest BCUT2D eigenvalue weighted by atomic mass is 19.1. The summed E-state index contributed by atoms with van der Waals surface area (Å²) in [5.41, 5.74) is 0.105. The number of hydrogen-bond acceptors (Lipinski definition) is 6. The first-order valence-corrected chi connectivity index (χ1v) is 9.64. The fourth-order valence-corrected chi connectivity index (χ4v) is 3.56. The SMILES string of the molecule is CCOc1ccc(/C(O)=C2\C(=O)C(=O)N(c3cc(C)on3)C2c2ccccc2F)cc1. The highest BCUT2D eigenvalue weighted by Crippen LogP contribution is 2.42.